The molecule has 0 fully saturated rings. The lowest BCUT2D eigenvalue weighted by molar-refractivity contribution is 0.0955. The van der Waals surface area contributed by atoms with Crippen LogP contribution < -0.4 is 5.43 Å². The number of benzene rings is 1. The maximum Gasteiger partial charge on any atom is 0.272 e. The predicted molar refractivity (Wildman–Crippen MR) is 83.4 cm³/mol. The summed E-state index contributed by atoms with van der Waals surface area (Å²) in [6.07, 6.45) is 4.36. The molecule has 5 nitrogen and oxygen atoms in total. The van der Waals surface area contributed by atoms with Gasteiger partial charge in [-0.3, -0.25) is 9.78 Å². The molecule has 0 bridgehead atoms. The van der Waals surface area contributed by atoms with Crippen LogP contribution in [0.2, 0.25) is 0 Å². The van der Waals surface area contributed by atoms with E-state index in [9.17, 15) is 9.18 Å². The highest BCUT2D eigenvalue weighted by atomic mass is 19.1. The number of hydrogen-bond donors (Lipinski definition) is 1. The normalized spacial score (nSPS) is 10.8. The first-order valence-corrected chi connectivity index (χ1v) is 6.82. The molecule has 114 valence electrons. The van der Waals surface area contributed by atoms with Gasteiger partial charge in [0.25, 0.3) is 5.91 Å². The van der Waals surface area contributed by atoms with Crippen molar-refractivity contribution in [2.45, 2.75) is 0 Å². The summed E-state index contributed by atoms with van der Waals surface area (Å²) >= 11 is 0. The number of amides is 1. The zero-order chi connectivity index (χ0) is 16.1. The minimum atomic E-state index is -0.379. The van der Waals surface area contributed by atoms with Crippen LogP contribution in [-0.4, -0.2) is 17.1 Å². The maximum atomic E-state index is 13.7. The van der Waals surface area contributed by atoms with Crippen molar-refractivity contribution in [2.75, 3.05) is 0 Å². The van der Waals surface area contributed by atoms with E-state index in [1.54, 1.807) is 48.7 Å². The molecule has 3 aromatic rings. The first kappa shape index (κ1) is 14.6. The summed E-state index contributed by atoms with van der Waals surface area (Å²) in [6, 6.07) is 12.9. The third kappa shape index (κ3) is 3.49. The Morgan fingerprint density at radius 2 is 2.04 bits per heavy atom. The number of nitrogens with zero attached hydrogens (tertiary/aromatic N) is 2. The van der Waals surface area contributed by atoms with Crippen LogP contribution in [0.25, 0.3) is 11.3 Å². The number of carbonyl (C=O) groups excluding carboxylic acids is 1. The second-order valence-corrected chi connectivity index (χ2v) is 4.62. The van der Waals surface area contributed by atoms with Crippen LogP contribution in [0.3, 0.4) is 0 Å². The van der Waals surface area contributed by atoms with Crippen molar-refractivity contribution in [1.82, 2.24) is 10.4 Å². The van der Waals surface area contributed by atoms with E-state index in [-0.39, 0.29) is 11.7 Å². The SMILES string of the molecule is O=C(NN=Cc1ccc(-c2ccccc2F)o1)c1cccnc1. The Bertz CT molecular complexity index is 844. The van der Waals surface area contributed by atoms with Gasteiger partial charge in [0.05, 0.1) is 17.3 Å². The number of nitrogens with one attached hydrogen (secondary N) is 1. The van der Waals surface area contributed by atoms with Crippen molar-refractivity contribution in [3.8, 4) is 11.3 Å². The standard InChI is InChI=1S/C17H12FN3O2/c18-15-6-2-1-5-14(15)16-8-7-13(23-16)11-20-21-17(22)12-4-3-9-19-10-12/h1-11H,(H,21,22). The van der Waals surface area contributed by atoms with Gasteiger partial charge in [-0.25, -0.2) is 9.82 Å². The lowest BCUT2D eigenvalue weighted by atomic mass is 10.1. The van der Waals surface area contributed by atoms with Gasteiger partial charge in [-0.15, -0.1) is 0 Å². The van der Waals surface area contributed by atoms with Gasteiger partial charge >= 0.3 is 0 Å². The molecule has 2 aromatic heterocycles. The fraction of sp³-hybridized carbons (Fsp3) is 0. The van der Waals surface area contributed by atoms with Crippen molar-refractivity contribution in [3.05, 3.63) is 78.1 Å². The summed E-state index contributed by atoms with van der Waals surface area (Å²) in [6.45, 7) is 0. The summed E-state index contributed by atoms with van der Waals surface area (Å²) in [5.74, 6) is 0.0447. The Morgan fingerprint density at radius 3 is 2.83 bits per heavy atom. The highest BCUT2D eigenvalue weighted by Crippen LogP contribution is 2.24. The zero-order valence-electron chi connectivity index (χ0n) is 11.9. The molecule has 2 heterocycles. The smallest absolute Gasteiger partial charge is 0.272 e. The minimum absolute atomic E-state index is 0.366. The van der Waals surface area contributed by atoms with Gasteiger partial charge in [-0.1, -0.05) is 12.1 Å². The minimum Gasteiger partial charge on any atom is -0.455 e. The zero-order valence-corrected chi connectivity index (χ0v) is 11.9. The summed E-state index contributed by atoms with van der Waals surface area (Å²) in [5.41, 5.74) is 3.13. The van der Waals surface area contributed by atoms with E-state index in [0.717, 1.165) is 0 Å². The Labute approximate surface area is 131 Å². The van der Waals surface area contributed by atoms with Crippen LogP contribution in [0.5, 0.6) is 0 Å². The van der Waals surface area contributed by atoms with Gasteiger partial charge in [-0.05, 0) is 36.4 Å². The number of furan rings is 1. The van der Waals surface area contributed by atoms with Crippen LogP contribution in [0.1, 0.15) is 16.1 Å². The molecule has 0 atom stereocenters. The molecule has 0 aliphatic carbocycles. The summed E-state index contributed by atoms with van der Waals surface area (Å²) in [4.78, 5) is 15.6. The molecule has 1 aromatic carbocycles. The number of pyridine rings is 1. The van der Waals surface area contributed by atoms with Crippen molar-refractivity contribution < 1.29 is 13.6 Å². The van der Waals surface area contributed by atoms with E-state index in [1.165, 1.54) is 18.5 Å². The molecule has 6 heteroatoms. The van der Waals surface area contributed by atoms with Gasteiger partial charge < -0.3 is 4.42 Å². The number of rotatable bonds is 4. The average molecular weight is 309 g/mol. The molecule has 1 amide bonds. The summed E-state index contributed by atoms with van der Waals surface area (Å²) in [5, 5.41) is 3.81. The third-order valence-corrected chi connectivity index (χ3v) is 3.05. The topological polar surface area (TPSA) is 67.5 Å². The molecule has 0 aliphatic heterocycles. The Balaban J connectivity index is 1.68. The molecule has 23 heavy (non-hydrogen) atoms. The van der Waals surface area contributed by atoms with Crippen molar-refractivity contribution in [2.24, 2.45) is 5.10 Å². The molecule has 0 radical (unpaired) electrons. The molecular formula is C17H12FN3O2. The average Bonchev–Trinajstić information content (AvgIpc) is 3.04. The molecule has 1 N–H and O–H groups in total. The van der Waals surface area contributed by atoms with E-state index >= 15 is 0 Å². The summed E-state index contributed by atoms with van der Waals surface area (Å²) in [7, 11) is 0. The third-order valence-electron chi connectivity index (χ3n) is 3.05. The lowest BCUT2D eigenvalue weighted by Gasteiger charge is -1.98. The van der Waals surface area contributed by atoms with Gasteiger partial charge in [0.15, 0.2) is 0 Å². The van der Waals surface area contributed by atoms with E-state index in [4.69, 9.17) is 4.42 Å². The van der Waals surface area contributed by atoms with Crippen LogP contribution in [0.4, 0.5) is 4.39 Å². The number of hydrazone groups is 1. The lowest BCUT2D eigenvalue weighted by Crippen LogP contribution is -2.17. The number of aromatic nitrogens is 1. The molecule has 0 aliphatic rings. The van der Waals surface area contributed by atoms with Crippen molar-refractivity contribution in [3.63, 3.8) is 0 Å². The van der Waals surface area contributed by atoms with Crippen molar-refractivity contribution in [1.29, 1.82) is 0 Å². The molecule has 0 saturated carbocycles. The Morgan fingerprint density at radius 1 is 1.17 bits per heavy atom. The van der Waals surface area contributed by atoms with Crippen LogP contribution >= 0.6 is 0 Å². The van der Waals surface area contributed by atoms with Gasteiger partial charge in [0.1, 0.15) is 17.3 Å². The highest BCUT2D eigenvalue weighted by molar-refractivity contribution is 5.94. The van der Waals surface area contributed by atoms with Gasteiger partial charge in [0, 0.05) is 12.4 Å². The van der Waals surface area contributed by atoms with E-state index in [1.807, 2.05) is 0 Å². The molecule has 0 spiro atoms. The predicted octanol–water partition coefficient (Wildman–Crippen LogP) is 3.24. The van der Waals surface area contributed by atoms with E-state index in [0.29, 0.717) is 22.6 Å². The fourth-order valence-electron chi connectivity index (χ4n) is 1.94. The fourth-order valence-corrected chi connectivity index (χ4v) is 1.94. The second-order valence-electron chi connectivity index (χ2n) is 4.62. The quantitative estimate of drug-likeness (QED) is 0.594. The van der Waals surface area contributed by atoms with Crippen LogP contribution in [0, 0.1) is 5.82 Å². The summed E-state index contributed by atoms with van der Waals surface area (Å²) < 4.78 is 19.2. The first-order valence-electron chi connectivity index (χ1n) is 6.82. The van der Waals surface area contributed by atoms with E-state index < -0.39 is 0 Å². The van der Waals surface area contributed by atoms with Crippen LogP contribution in [0.15, 0.2) is 70.4 Å². The van der Waals surface area contributed by atoms with Crippen molar-refractivity contribution >= 4 is 12.1 Å². The monoisotopic (exact) mass is 309 g/mol. The molecule has 3 rings (SSSR count). The number of hydrogen-bond acceptors (Lipinski definition) is 4. The van der Waals surface area contributed by atoms with Gasteiger partial charge in [0.2, 0.25) is 0 Å². The molecule has 0 unspecified atom stereocenters. The molecular weight excluding hydrogens is 297 g/mol. The highest BCUT2D eigenvalue weighted by Gasteiger charge is 2.08. The van der Waals surface area contributed by atoms with Gasteiger partial charge in [-0.2, -0.15) is 5.10 Å². The molecule has 0 saturated heterocycles. The van der Waals surface area contributed by atoms with E-state index in [2.05, 4.69) is 15.5 Å². The Kier molecular flexibility index (Phi) is 4.24. The number of halogens is 1. The Hall–Kier alpha value is -3.28. The first-order chi connectivity index (χ1) is 11.2. The largest absolute Gasteiger partial charge is 0.455 e. The van der Waals surface area contributed by atoms with Crippen LogP contribution in [-0.2, 0) is 0 Å². The number of carbonyl (C=O) groups is 1. The maximum absolute atomic E-state index is 13.7. The second kappa shape index (κ2) is 6.65.